The highest BCUT2D eigenvalue weighted by molar-refractivity contribution is 5.69. The lowest BCUT2D eigenvalue weighted by Crippen LogP contribution is -2.19. The van der Waals surface area contributed by atoms with Crippen LogP contribution in [0, 0.1) is 5.41 Å². The Morgan fingerprint density at radius 3 is 2.12 bits per heavy atom. The Kier molecular flexibility index (Phi) is 20.3. The highest BCUT2D eigenvalue weighted by atomic mass is 16.5. The molecule has 0 radical (unpaired) electrons. The summed E-state index contributed by atoms with van der Waals surface area (Å²) in [4.78, 5) is 12.0. The Morgan fingerprint density at radius 2 is 1.48 bits per heavy atom. The Bertz CT molecular complexity index is 875. The zero-order chi connectivity index (χ0) is 29.5. The molecular weight excluding hydrogens is 488 g/mol. The van der Waals surface area contributed by atoms with Crippen LogP contribution in [0.4, 0.5) is 0 Å². The summed E-state index contributed by atoms with van der Waals surface area (Å²) < 4.78 is 5.40. The van der Waals surface area contributed by atoms with Gasteiger partial charge in [-0.1, -0.05) is 131 Å². The summed E-state index contributed by atoms with van der Waals surface area (Å²) >= 11 is 0. The third kappa shape index (κ3) is 18.3. The molecule has 0 heterocycles. The molecule has 1 aliphatic rings. The van der Waals surface area contributed by atoms with E-state index in [-0.39, 0.29) is 11.4 Å². The first-order valence-electron chi connectivity index (χ1n) is 16.5. The minimum Gasteiger partial charge on any atom is -0.461 e. The van der Waals surface area contributed by atoms with E-state index in [4.69, 9.17) is 4.74 Å². The lowest BCUT2D eigenvalue weighted by Gasteiger charge is -2.32. The van der Waals surface area contributed by atoms with Gasteiger partial charge in [0.15, 0.2) is 0 Å². The zero-order valence-electron chi connectivity index (χ0n) is 27.2. The van der Waals surface area contributed by atoms with E-state index in [9.17, 15) is 4.79 Å². The second-order valence-electron chi connectivity index (χ2n) is 12.5. The minimum absolute atomic E-state index is 0.0817. The number of rotatable bonds is 21. The van der Waals surface area contributed by atoms with Crippen molar-refractivity contribution in [3.8, 4) is 0 Å². The van der Waals surface area contributed by atoms with Crippen molar-refractivity contribution < 1.29 is 9.53 Å². The van der Waals surface area contributed by atoms with Crippen molar-refractivity contribution in [2.45, 2.75) is 151 Å². The minimum atomic E-state index is -0.0817. The first-order chi connectivity index (χ1) is 19.3. The normalized spacial score (nSPS) is 16.6. The average molecular weight is 551 g/mol. The van der Waals surface area contributed by atoms with Gasteiger partial charge in [-0.25, -0.2) is 0 Å². The van der Waals surface area contributed by atoms with Crippen LogP contribution in [0.5, 0.6) is 0 Å². The standard InChI is InChI=1S/C38H62O2/c1-7-8-9-10-11-12-13-14-15-16-17-18-19-20-21-27-37(39)40-32-30-34(3)25-22-24-33(2)28-29-36-35(4)26-23-31-38(36,5)6/h14-15,22,24-25,28-30H,7-13,16-21,23,26-27,31-32H2,1-6H3/b15-14-,25-22+,29-28+,33-24-,34-30-. The predicted molar refractivity (Wildman–Crippen MR) is 177 cm³/mol. The number of carbonyl (C=O) groups is 1. The lowest BCUT2D eigenvalue weighted by molar-refractivity contribution is -0.142. The number of carbonyl (C=O) groups excluding carboxylic acids is 1. The Labute approximate surface area is 248 Å². The van der Waals surface area contributed by atoms with E-state index in [1.807, 2.05) is 13.0 Å². The SMILES string of the molecule is CCCCCCCC/C=C\CCCCCCCC(=O)OC\C=C(C)/C=C/C=C(C)\C=C\C1=C(C)CCCC1(C)C. The van der Waals surface area contributed by atoms with Crippen LogP contribution in [0.1, 0.15) is 151 Å². The van der Waals surface area contributed by atoms with Gasteiger partial charge in [0.05, 0.1) is 0 Å². The second-order valence-corrected chi connectivity index (χ2v) is 12.5. The Morgan fingerprint density at radius 1 is 0.850 bits per heavy atom. The highest BCUT2D eigenvalue weighted by Crippen LogP contribution is 2.40. The smallest absolute Gasteiger partial charge is 0.306 e. The molecule has 2 heteroatoms. The third-order valence-corrected chi connectivity index (χ3v) is 8.07. The summed E-state index contributed by atoms with van der Waals surface area (Å²) in [6.07, 6.45) is 38.3. The number of ether oxygens (including phenoxy) is 1. The first-order valence-corrected chi connectivity index (χ1v) is 16.5. The van der Waals surface area contributed by atoms with E-state index < -0.39 is 0 Å². The van der Waals surface area contributed by atoms with Crippen molar-refractivity contribution in [2.24, 2.45) is 5.41 Å². The van der Waals surface area contributed by atoms with Gasteiger partial charge in [0, 0.05) is 6.42 Å². The largest absolute Gasteiger partial charge is 0.461 e. The molecule has 1 aliphatic carbocycles. The predicted octanol–water partition coefficient (Wildman–Crippen LogP) is 12.1. The van der Waals surface area contributed by atoms with Crippen LogP contribution >= 0.6 is 0 Å². The van der Waals surface area contributed by atoms with Crippen LogP contribution in [0.2, 0.25) is 0 Å². The molecule has 40 heavy (non-hydrogen) atoms. The van der Waals surface area contributed by atoms with Crippen molar-refractivity contribution in [1.29, 1.82) is 0 Å². The lowest BCUT2D eigenvalue weighted by atomic mass is 9.72. The molecule has 0 bridgehead atoms. The number of hydrogen-bond donors (Lipinski definition) is 0. The van der Waals surface area contributed by atoms with Crippen molar-refractivity contribution in [3.05, 3.63) is 70.9 Å². The van der Waals surface area contributed by atoms with Crippen LogP contribution in [-0.4, -0.2) is 12.6 Å². The third-order valence-electron chi connectivity index (χ3n) is 8.07. The summed E-state index contributed by atoms with van der Waals surface area (Å²) in [5.74, 6) is -0.0817. The molecular formula is C38H62O2. The van der Waals surface area contributed by atoms with Crippen molar-refractivity contribution in [1.82, 2.24) is 0 Å². The summed E-state index contributed by atoms with van der Waals surface area (Å²) in [5, 5.41) is 0. The molecule has 0 saturated heterocycles. The van der Waals surface area contributed by atoms with E-state index in [1.165, 1.54) is 107 Å². The quantitative estimate of drug-likeness (QED) is 0.0615. The zero-order valence-corrected chi connectivity index (χ0v) is 27.2. The van der Waals surface area contributed by atoms with Crippen LogP contribution < -0.4 is 0 Å². The monoisotopic (exact) mass is 550 g/mol. The van der Waals surface area contributed by atoms with Crippen molar-refractivity contribution in [3.63, 3.8) is 0 Å². The van der Waals surface area contributed by atoms with Gasteiger partial charge in [0.2, 0.25) is 0 Å². The van der Waals surface area contributed by atoms with Gasteiger partial charge in [-0.05, 0) is 89.2 Å². The molecule has 0 aromatic heterocycles. The number of allylic oxidation sites excluding steroid dienone is 11. The molecule has 1 rings (SSSR count). The van der Waals surface area contributed by atoms with Crippen LogP contribution in [0.15, 0.2) is 70.9 Å². The molecule has 0 N–H and O–H groups in total. The van der Waals surface area contributed by atoms with Crippen molar-refractivity contribution >= 4 is 5.97 Å². The number of hydrogen-bond acceptors (Lipinski definition) is 2. The van der Waals surface area contributed by atoms with Gasteiger partial charge in [-0.15, -0.1) is 0 Å². The van der Waals surface area contributed by atoms with Gasteiger partial charge in [-0.3, -0.25) is 4.79 Å². The van der Waals surface area contributed by atoms with Gasteiger partial charge >= 0.3 is 5.97 Å². The van der Waals surface area contributed by atoms with E-state index in [1.54, 1.807) is 0 Å². The Balaban J connectivity index is 2.11. The van der Waals surface area contributed by atoms with Gasteiger partial charge in [0.25, 0.3) is 0 Å². The molecule has 0 aromatic carbocycles. The van der Waals surface area contributed by atoms with Gasteiger partial charge in [0.1, 0.15) is 6.61 Å². The summed E-state index contributed by atoms with van der Waals surface area (Å²) in [6.45, 7) is 13.8. The van der Waals surface area contributed by atoms with E-state index in [0.717, 1.165) is 18.4 Å². The molecule has 0 spiro atoms. The summed E-state index contributed by atoms with van der Waals surface area (Å²) in [6, 6.07) is 0. The summed E-state index contributed by atoms with van der Waals surface area (Å²) in [5.41, 5.74) is 5.64. The van der Waals surface area contributed by atoms with Crippen LogP contribution in [0.25, 0.3) is 0 Å². The fraction of sp³-hybridized carbons (Fsp3) is 0.658. The number of unbranched alkanes of at least 4 members (excludes halogenated alkanes) is 11. The maximum atomic E-state index is 12.0. The molecule has 0 unspecified atom stereocenters. The molecule has 0 fully saturated rings. The molecule has 2 nitrogen and oxygen atoms in total. The fourth-order valence-corrected chi connectivity index (χ4v) is 5.38. The molecule has 0 aromatic rings. The van der Waals surface area contributed by atoms with Crippen LogP contribution in [-0.2, 0) is 9.53 Å². The van der Waals surface area contributed by atoms with E-state index in [0.29, 0.717) is 13.0 Å². The second kappa shape index (κ2) is 22.6. The van der Waals surface area contributed by atoms with Crippen molar-refractivity contribution in [2.75, 3.05) is 6.61 Å². The maximum absolute atomic E-state index is 12.0. The molecule has 0 atom stereocenters. The maximum Gasteiger partial charge on any atom is 0.306 e. The highest BCUT2D eigenvalue weighted by Gasteiger charge is 2.26. The Hall–Kier alpha value is -2.09. The average Bonchev–Trinajstić information content (AvgIpc) is 2.90. The molecule has 0 amide bonds. The number of esters is 1. The summed E-state index contributed by atoms with van der Waals surface area (Å²) in [7, 11) is 0. The van der Waals surface area contributed by atoms with Gasteiger partial charge < -0.3 is 4.74 Å². The topological polar surface area (TPSA) is 26.3 Å². The van der Waals surface area contributed by atoms with E-state index in [2.05, 4.69) is 77.2 Å². The van der Waals surface area contributed by atoms with E-state index >= 15 is 0 Å². The molecule has 226 valence electrons. The van der Waals surface area contributed by atoms with Crippen LogP contribution in [0.3, 0.4) is 0 Å². The fourth-order valence-electron chi connectivity index (χ4n) is 5.38. The first kappa shape index (κ1) is 35.9. The molecule has 0 aliphatic heterocycles. The van der Waals surface area contributed by atoms with Gasteiger partial charge in [-0.2, -0.15) is 0 Å². The molecule has 0 saturated carbocycles.